The van der Waals surface area contributed by atoms with Crippen molar-refractivity contribution in [1.29, 1.82) is 0 Å². The number of carboxylic acid groups (broad SMARTS) is 3. The van der Waals surface area contributed by atoms with Gasteiger partial charge in [-0.1, -0.05) is 32.0 Å². The number of carbonyl (C=O) groups is 6. The number of benzene rings is 1. The minimum atomic E-state index is -1.51. The van der Waals surface area contributed by atoms with Crippen LogP contribution in [0.3, 0.4) is 0 Å². The monoisotopic (exact) mass is 575 g/mol. The van der Waals surface area contributed by atoms with Gasteiger partial charge in [0.2, 0.25) is 17.7 Å². The van der Waals surface area contributed by atoms with Gasteiger partial charge in [-0.3, -0.25) is 24.0 Å². The molecule has 41 heavy (non-hydrogen) atoms. The quantitative estimate of drug-likeness (QED) is 0.129. The molecule has 3 amide bonds. The van der Waals surface area contributed by atoms with Crippen molar-refractivity contribution in [2.75, 3.05) is 0 Å². The number of aromatic amines is 1. The first kappa shape index (κ1) is 32.8. The summed E-state index contributed by atoms with van der Waals surface area (Å²) in [5, 5.41) is 35.5. The van der Waals surface area contributed by atoms with Gasteiger partial charge in [0, 0.05) is 36.4 Å². The molecule has 0 aliphatic carbocycles. The Labute approximate surface area is 236 Å². The van der Waals surface area contributed by atoms with Crippen LogP contribution < -0.4 is 21.7 Å². The first-order chi connectivity index (χ1) is 19.3. The number of amides is 3. The van der Waals surface area contributed by atoms with E-state index in [2.05, 4.69) is 20.9 Å². The van der Waals surface area contributed by atoms with Crippen molar-refractivity contribution >= 4 is 46.5 Å². The number of hydrogen-bond acceptors (Lipinski definition) is 7. The van der Waals surface area contributed by atoms with Gasteiger partial charge in [-0.15, -0.1) is 0 Å². The third-order valence-electron chi connectivity index (χ3n) is 6.34. The number of carboxylic acids is 3. The summed E-state index contributed by atoms with van der Waals surface area (Å²) in [5.41, 5.74) is 7.23. The lowest BCUT2D eigenvalue weighted by Crippen LogP contribution is -2.57. The number of fused-ring (bicyclic) bond motifs is 1. The summed E-state index contributed by atoms with van der Waals surface area (Å²) in [4.78, 5) is 75.9. The summed E-state index contributed by atoms with van der Waals surface area (Å²) >= 11 is 0. The van der Waals surface area contributed by atoms with Crippen molar-refractivity contribution in [1.82, 2.24) is 20.9 Å². The Kier molecular flexibility index (Phi) is 12.3. The molecule has 0 aliphatic heterocycles. The van der Waals surface area contributed by atoms with Crippen LogP contribution in [0.25, 0.3) is 10.9 Å². The van der Waals surface area contributed by atoms with Gasteiger partial charge in [-0.05, 0) is 36.8 Å². The summed E-state index contributed by atoms with van der Waals surface area (Å²) in [6, 6.07) is 2.13. The van der Waals surface area contributed by atoms with Crippen molar-refractivity contribution in [3.63, 3.8) is 0 Å². The van der Waals surface area contributed by atoms with Crippen LogP contribution in [0.2, 0.25) is 0 Å². The van der Waals surface area contributed by atoms with E-state index in [-0.39, 0.29) is 38.0 Å². The summed E-state index contributed by atoms with van der Waals surface area (Å²) in [6.45, 7) is 3.62. The van der Waals surface area contributed by atoms with E-state index in [4.69, 9.17) is 15.9 Å². The minimum absolute atomic E-state index is 0.0483. The zero-order valence-electron chi connectivity index (χ0n) is 22.9. The molecule has 1 aromatic carbocycles. The fourth-order valence-corrected chi connectivity index (χ4v) is 4.19. The second-order valence-electron chi connectivity index (χ2n) is 10.2. The fraction of sp³-hybridized carbons (Fsp3) is 0.481. The zero-order chi connectivity index (χ0) is 30.7. The van der Waals surface area contributed by atoms with Crippen LogP contribution in [-0.2, 0) is 35.2 Å². The normalized spacial score (nSPS) is 14.0. The molecule has 0 aliphatic rings. The van der Waals surface area contributed by atoms with Gasteiger partial charge in [0.15, 0.2) is 0 Å². The summed E-state index contributed by atoms with van der Waals surface area (Å²) < 4.78 is 0. The van der Waals surface area contributed by atoms with Gasteiger partial charge < -0.3 is 42.0 Å². The molecule has 9 N–H and O–H groups in total. The lowest BCUT2D eigenvalue weighted by molar-refractivity contribution is -0.143. The van der Waals surface area contributed by atoms with Gasteiger partial charge in [0.25, 0.3) is 0 Å². The smallest absolute Gasteiger partial charge is 0.326 e. The van der Waals surface area contributed by atoms with Gasteiger partial charge in [-0.25, -0.2) is 4.79 Å². The molecule has 0 saturated heterocycles. The SMILES string of the molecule is CC(C)C[C@H](NC(=O)[C@@H](N)CCC(=O)O)C(=O)N[C@@H](Cc1c[nH]c2ccccc12)C(=O)N[C@@H](CCC(=O)O)C(=O)O. The number of nitrogens with two attached hydrogens (primary N) is 1. The Balaban J connectivity index is 2.30. The van der Waals surface area contributed by atoms with E-state index in [1.54, 1.807) is 12.3 Å². The lowest BCUT2D eigenvalue weighted by atomic mass is 10.00. The predicted octanol–water partition coefficient (Wildman–Crippen LogP) is 0.352. The molecule has 14 nitrogen and oxygen atoms in total. The molecule has 224 valence electrons. The zero-order valence-corrected chi connectivity index (χ0v) is 22.9. The largest absolute Gasteiger partial charge is 0.481 e. The van der Waals surface area contributed by atoms with Crippen molar-refractivity contribution in [3.8, 4) is 0 Å². The molecular formula is C27H37N5O9. The van der Waals surface area contributed by atoms with Crippen molar-refractivity contribution in [3.05, 3.63) is 36.0 Å². The third-order valence-corrected chi connectivity index (χ3v) is 6.34. The van der Waals surface area contributed by atoms with Crippen molar-refractivity contribution < 1.29 is 44.1 Å². The van der Waals surface area contributed by atoms with Gasteiger partial charge >= 0.3 is 17.9 Å². The summed E-state index contributed by atoms with van der Waals surface area (Å²) in [7, 11) is 0. The van der Waals surface area contributed by atoms with Crippen LogP contribution in [0.1, 0.15) is 51.5 Å². The molecule has 2 aromatic rings. The number of hydrogen-bond donors (Lipinski definition) is 8. The molecule has 0 spiro atoms. The molecule has 1 aromatic heterocycles. The third kappa shape index (κ3) is 10.6. The Morgan fingerprint density at radius 1 is 0.805 bits per heavy atom. The highest BCUT2D eigenvalue weighted by Gasteiger charge is 2.31. The molecule has 0 unspecified atom stereocenters. The molecule has 0 bridgehead atoms. The molecule has 0 fully saturated rings. The Bertz CT molecular complexity index is 1260. The Morgan fingerprint density at radius 3 is 1.98 bits per heavy atom. The molecule has 0 radical (unpaired) electrons. The highest BCUT2D eigenvalue weighted by Crippen LogP contribution is 2.19. The second-order valence-corrected chi connectivity index (χ2v) is 10.2. The van der Waals surface area contributed by atoms with Crippen LogP contribution in [0.15, 0.2) is 30.5 Å². The molecular weight excluding hydrogens is 538 g/mol. The van der Waals surface area contributed by atoms with Crippen LogP contribution in [-0.4, -0.2) is 80.1 Å². The standard InChI is InChI=1S/C27H37N5O9/c1-14(2)11-20(31-24(37)17(28)7-9-22(33)34)25(38)32-21(12-15-13-29-18-6-4-3-5-16(15)18)26(39)30-19(27(40)41)8-10-23(35)36/h3-6,13-14,17,19-21,29H,7-12,28H2,1-2H3,(H,30,39)(H,31,37)(H,32,38)(H,33,34)(H,35,36)(H,40,41)/t17-,19-,20-,21-/m0/s1. The number of para-hydroxylation sites is 1. The number of nitrogens with one attached hydrogen (secondary N) is 4. The van der Waals surface area contributed by atoms with E-state index in [0.29, 0.717) is 5.56 Å². The highest BCUT2D eigenvalue weighted by atomic mass is 16.4. The number of rotatable bonds is 17. The number of aliphatic carboxylic acids is 3. The molecule has 0 saturated carbocycles. The van der Waals surface area contributed by atoms with E-state index >= 15 is 0 Å². The average Bonchev–Trinajstić information content (AvgIpc) is 3.30. The van der Waals surface area contributed by atoms with Crippen molar-refractivity contribution in [2.24, 2.45) is 11.7 Å². The van der Waals surface area contributed by atoms with Crippen LogP contribution >= 0.6 is 0 Å². The maximum atomic E-state index is 13.4. The lowest BCUT2D eigenvalue weighted by Gasteiger charge is -2.26. The predicted molar refractivity (Wildman–Crippen MR) is 147 cm³/mol. The fourth-order valence-electron chi connectivity index (χ4n) is 4.19. The van der Waals surface area contributed by atoms with E-state index in [1.165, 1.54) is 0 Å². The van der Waals surface area contributed by atoms with Crippen LogP contribution in [0.5, 0.6) is 0 Å². The maximum absolute atomic E-state index is 13.4. The number of carbonyl (C=O) groups excluding carboxylic acids is 3. The molecule has 14 heteroatoms. The van der Waals surface area contributed by atoms with E-state index in [9.17, 15) is 33.9 Å². The van der Waals surface area contributed by atoms with Gasteiger partial charge in [0.05, 0.1) is 6.04 Å². The first-order valence-electron chi connectivity index (χ1n) is 13.2. The van der Waals surface area contributed by atoms with Gasteiger partial charge in [0.1, 0.15) is 18.1 Å². The maximum Gasteiger partial charge on any atom is 0.326 e. The highest BCUT2D eigenvalue weighted by molar-refractivity contribution is 5.95. The van der Waals surface area contributed by atoms with Gasteiger partial charge in [-0.2, -0.15) is 0 Å². The van der Waals surface area contributed by atoms with Crippen LogP contribution in [0, 0.1) is 5.92 Å². The first-order valence-corrected chi connectivity index (χ1v) is 13.2. The van der Waals surface area contributed by atoms with Crippen LogP contribution in [0.4, 0.5) is 0 Å². The molecule has 2 rings (SSSR count). The minimum Gasteiger partial charge on any atom is -0.481 e. The Hall–Kier alpha value is -4.46. The van der Waals surface area contributed by atoms with E-state index in [0.717, 1.165) is 10.9 Å². The van der Waals surface area contributed by atoms with Crippen molar-refractivity contribution in [2.45, 2.75) is 76.5 Å². The Morgan fingerprint density at radius 2 is 1.37 bits per heavy atom. The number of aromatic nitrogens is 1. The van der Waals surface area contributed by atoms with E-state index < -0.39 is 66.2 Å². The topological polar surface area (TPSA) is 241 Å². The number of H-pyrrole nitrogens is 1. The summed E-state index contributed by atoms with van der Waals surface area (Å²) in [5.74, 6) is -6.18. The van der Waals surface area contributed by atoms with E-state index in [1.807, 2.05) is 32.0 Å². The average molecular weight is 576 g/mol. The summed E-state index contributed by atoms with van der Waals surface area (Å²) in [6.07, 6.45) is 0.427. The molecule has 4 atom stereocenters. The molecule has 1 heterocycles. The second kappa shape index (κ2) is 15.4.